The molecule has 0 fully saturated rings. The molecule has 6 heteroatoms. The average Bonchev–Trinajstić information content (AvgIpc) is 2.81. The highest BCUT2D eigenvalue weighted by Gasteiger charge is 2.22. The Balaban J connectivity index is 2.12. The summed E-state index contributed by atoms with van der Waals surface area (Å²) in [5.74, 6) is 0.216. The molecule has 1 aromatic rings. The first kappa shape index (κ1) is 12.7. The van der Waals surface area contributed by atoms with Gasteiger partial charge in [0.05, 0.1) is 0 Å². The van der Waals surface area contributed by atoms with Gasteiger partial charge in [-0.1, -0.05) is 6.07 Å². The Morgan fingerprint density at radius 2 is 2.17 bits per heavy atom. The minimum absolute atomic E-state index is 0.0283. The highest BCUT2D eigenvalue weighted by molar-refractivity contribution is 5.76. The normalized spacial score (nSPS) is 14.5. The monoisotopic (exact) mass is 253 g/mol. The first-order chi connectivity index (χ1) is 8.72. The molecule has 1 heterocycles. The molecule has 3 N–H and O–H groups in total. The summed E-state index contributed by atoms with van der Waals surface area (Å²) < 4.78 is 10.4. The number of hydrogen-bond donors (Lipinski definition) is 3. The molecule has 0 bridgehead atoms. The molecule has 18 heavy (non-hydrogen) atoms. The van der Waals surface area contributed by atoms with E-state index in [2.05, 4.69) is 5.32 Å². The zero-order valence-corrected chi connectivity index (χ0v) is 9.76. The first-order valence-corrected chi connectivity index (χ1v) is 5.69. The number of aliphatic hydroxyl groups excluding tert-OH is 1. The molecule has 0 aromatic heterocycles. The fourth-order valence-corrected chi connectivity index (χ4v) is 1.77. The molecule has 0 saturated carbocycles. The number of benzene rings is 1. The van der Waals surface area contributed by atoms with E-state index in [4.69, 9.17) is 14.6 Å². The number of aliphatic hydroxyl groups is 1. The molecule has 1 aliphatic heterocycles. The molecular weight excluding hydrogens is 238 g/mol. The molecule has 6 nitrogen and oxygen atoms in total. The third-order valence-corrected chi connectivity index (χ3v) is 2.66. The maximum atomic E-state index is 11.2. The maximum Gasteiger partial charge on any atom is 0.325 e. The first-order valence-electron chi connectivity index (χ1n) is 5.69. The van der Waals surface area contributed by atoms with Gasteiger partial charge in [0.15, 0.2) is 11.5 Å². The number of carbonyl (C=O) groups is 1. The summed E-state index contributed by atoms with van der Waals surface area (Å²) in [7, 11) is 0. The molecule has 1 atom stereocenters. The van der Waals surface area contributed by atoms with E-state index < -0.39 is 12.0 Å². The van der Waals surface area contributed by atoms with E-state index in [9.17, 15) is 9.90 Å². The number of nitrogens with one attached hydrogen (secondary N) is 1. The number of rotatable bonds is 6. The second-order valence-electron chi connectivity index (χ2n) is 3.92. The van der Waals surface area contributed by atoms with E-state index in [0.29, 0.717) is 30.0 Å². The van der Waals surface area contributed by atoms with Crippen molar-refractivity contribution in [1.29, 1.82) is 0 Å². The van der Waals surface area contributed by atoms with Crippen molar-refractivity contribution in [3.05, 3.63) is 23.8 Å². The minimum atomic E-state index is -0.966. The molecule has 98 valence electrons. The van der Waals surface area contributed by atoms with Crippen molar-refractivity contribution < 1.29 is 24.5 Å². The van der Waals surface area contributed by atoms with Gasteiger partial charge in [-0.15, -0.1) is 0 Å². The number of aliphatic carboxylic acids is 1. The SMILES string of the molecule is O=C(O)C(NCCCO)c1ccc2c(c1)OCO2. The fourth-order valence-electron chi connectivity index (χ4n) is 1.77. The summed E-state index contributed by atoms with van der Waals surface area (Å²) in [6.07, 6.45) is 0.508. The van der Waals surface area contributed by atoms with Crippen LogP contribution >= 0.6 is 0 Å². The van der Waals surface area contributed by atoms with Crippen LogP contribution in [0.15, 0.2) is 18.2 Å². The Morgan fingerprint density at radius 1 is 1.39 bits per heavy atom. The largest absolute Gasteiger partial charge is 0.480 e. The molecule has 0 saturated heterocycles. The van der Waals surface area contributed by atoms with E-state index in [1.54, 1.807) is 18.2 Å². The molecule has 0 amide bonds. The van der Waals surface area contributed by atoms with Crippen molar-refractivity contribution in [3.63, 3.8) is 0 Å². The van der Waals surface area contributed by atoms with Crippen molar-refractivity contribution in [2.75, 3.05) is 19.9 Å². The van der Waals surface area contributed by atoms with Crippen molar-refractivity contribution in [1.82, 2.24) is 5.32 Å². The molecule has 0 radical (unpaired) electrons. The zero-order chi connectivity index (χ0) is 13.0. The van der Waals surface area contributed by atoms with Crippen LogP contribution in [0.25, 0.3) is 0 Å². The number of hydrogen-bond acceptors (Lipinski definition) is 5. The van der Waals surface area contributed by atoms with Crippen LogP contribution in [0.4, 0.5) is 0 Å². The van der Waals surface area contributed by atoms with Crippen LogP contribution in [0.1, 0.15) is 18.0 Å². The lowest BCUT2D eigenvalue weighted by Gasteiger charge is -2.14. The van der Waals surface area contributed by atoms with Gasteiger partial charge in [-0.3, -0.25) is 4.79 Å². The van der Waals surface area contributed by atoms with Crippen LogP contribution in [0.5, 0.6) is 11.5 Å². The second kappa shape index (κ2) is 5.70. The van der Waals surface area contributed by atoms with Crippen molar-refractivity contribution in [2.24, 2.45) is 0 Å². The minimum Gasteiger partial charge on any atom is -0.480 e. The van der Waals surface area contributed by atoms with Crippen molar-refractivity contribution in [3.8, 4) is 11.5 Å². The third kappa shape index (κ3) is 2.72. The van der Waals surface area contributed by atoms with E-state index in [1.807, 2.05) is 0 Å². The molecule has 1 unspecified atom stereocenters. The summed E-state index contributed by atoms with van der Waals surface area (Å²) >= 11 is 0. The topological polar surface area (TPSA) is 88.0 Å². The Hall–Kier alpha value is -1.79. The van der Waals surface area contributed by atoms with Gasteiger partial charge >= 0.3 is 5.97 Å². The molecule has 1 aromatic carbocycles. The summed E-state index contributed by atoms with van der Waals surface area (Å²) in [6, 6.07) is 4.23. The van der Waals surface area contributed by atoms with Gasteiger partial charge in [0.2, 0.25) is 6.79 Å². The van der Waals surface area contributed by atoms with Gasteiger partial charge in [-0.2, -0.15) is 0 Å². The molecule has 2 rings (SSSR count). The Morgan fingerprint density at radius 3 is 2.89 bits per heavy atom. The predicted molar refractivity (Wildman–Crippen MR) is 62.6 cm³/mol. The number of carboxylic acid groups (broad SMARTS) is 1. The van der Waals surface area contributed by atoms with Gasteiger partial charge in [0.25, 0.3) is 0 Å². The van der Waals surface area contributed by atoms with Crippen LogP contribution < -0.4 is 14.8 Å². The average molecular weight is 253 g/mol. The van der Waals surface area contributed by atoms with Crippen LogP contribution in [0, 0.1) is 0 Å². The van der Waals surface area contributed by atoms with Crippen LogP contribution in [-0.2, 0) is 4.79 Å². The smallest absolute Gasteiger partial charge is 0.325 e. The van der Waals surface area contributed by atoms with Gasteiger partial charge in [0.1, 0.15) is 6.04 Å². The lowest BCUT2D eigenvalue weighted by Crippen LogP contribution is -2.29. The van der Waals surface area contributed by atoms with Gasteiger partial charge < -0.3 is 25.0 Å². The third-order valence-electron chi connectivity index (χ3n) is 2.66. The zero-order valence-electron chi connectivity index (χ0n) is 9.76. The molecule has 0 aliphatic carbocycles. The number of fused-ring (bicyclic) bond motifs is 1. The molecule has 0 spiro atoms. The molecule has 1 aliphatic rings. The fraction of sp³-hybridized carbons (Fsp3) is 0.417. The van der Waals surface area contributed by atoms with E-state index in [0.717, 1.165) is 0 Å². The summed E-state index contributed by atoms with van der Waals surface area (Å²) in [5.41, 5.74) is 0.602. The van der Waals surface area contributed by atoms with Gasteiger partial charge in [-0.25, -0.2) is 0 Å². The standard InChI is InChI=1S/C12H15NO5/c14-5-1-4-13-11(12(15)16)8-2-3-9-10(6-8)18-7-17-9/h2-3,6,11,13-14H,1,4-5,7H2,(H,15,16). The van der Waals surface area contributed by atoms with Crippen LogP contribution in [0.2, 0.25) is 0 Å². The Labute approximate surface area is 104 Å². The quantitative estimate of drug-likeness (QED) is 0.640. The number of carboxylic acids is 1. The molecular formula is C12H15NO5. The Bertz CT molecular complexity index is 434. The van der Waals surface area contributed by atoms with E-state index >= 15 is 0 Å². The van der Waals surface area contributed by atoms with Crippen LogP contribution in [0.3, 0.4) is 0 Å². The lowest BCUT2D eigenvalue weighted by molar-refractivity contribution is -0.139. The maximum absolute atomic E-state index is 11.2. The van der Waals surface area contributed by atoms with E-state index in [-0.39, 0.29) is 13.4 Å². The highest BCUT2D eigenvalue weighted by Crippen LogP contribution is 2.34. The predicted octanol–water partition coefficient (Wildman–Crippen LogP) is 0.513. The number of ether oxygens (including phenoxy) is 2. The second-order valence-corrected chi connectivity index (χ2v) is 3.92. The highest BCUT2D eigenvalue weighted by atomic mass is 16.7. The summed E-state index contributed by atoms with van der Waals surface area (Å²) in [5, 5.41) is 20.7. The van der Waals surface area contributed by atoms with Crippen molar-refractivity contribution >= 4 is 5.97 Å². The van der Waals surface area contributed by atoms with Crippen LogP contribution in [-0.4, -0.2) is 36.1 Å². The van der Waals surface area contributed by atoms with Gasteiger partial charge in [-0.05, 0) is 30.7 Å². The van der Waals surface area contributed by atoms with Gasteiger partial charge in [0, 0.05) is 6.61 Å². The van der Waals surface area contributed by atoms with E-state index in [1.165, 1.54) is 0 Å². The summed E-state index contributed by atoms with van der Waals surface area (Å²) in [6.45, 7) is 0.622. The van der Waals surface area contributed by atoms with Crippen molar-refractivity contribution in [2.45, 2.75) is 12.5 Å². The summed E-state index contributed by atoms with van der Waals surface area (Å²) in [4.78, 5) is 11.2. The lowest BCUT2D eigenvalue weighted by atomic mass is 10.1. The Kier molecular flexibility index (Phi) is 4.01.